The van der Waals surface area contributed by atoms with Crippen LogP contribution in [0.1, 0.15) is 27.2 Å². The molecule has 4 aromatic rings. The van der Waals surface area contributed by atoms with Crippen LogP contribution in [0.15, 0.2) is 60.4 Å². The van der Waals surface area contributed by atoms with Crippen molar-refractivity contribution in [1.82, 2.24) is 14.4 Å². The van der Waals surface area contributed by atoms with Crippen LogP contribution in [0.3, 0.4) is 0 Å². The Morgan fingerprint density at radius 3 is 2.23 bits per heavy atom. The van der Waals surface area contributed by atoms with Gasteiger partial charge in [-0.25, -0.2) is 0 Å². The fourth-order valence-electron chi connectivity index (χ4n) is 5.48. The van der Waals surface area contributed by atoms with Crippen molar-refractivity contribution >= 4 is 22.8 Å². The normalized spacial score (nSPS) is 16.1. The summed E-state index contributed by atoms with van der Waals surface area (Å²) in [6, 6.07) is 16.4. The lowest BCUT2D eigenvalue weighted by Gasteiger charge is -2.32. The standard InChI is InChI=1S/C26H29N3O5.C8H10O/c1-16-19(15-24-26(32)25-22(31)12-17(30)13-23(25)34-24)20-14-18(33-3)4-5-21(20)29(16)11-10-28-8-6-27(2)7-9-28;1-7-3-5-8(9-2)6-4-7/h4-5,12-15,30-31H,6-11H2,1-3H3;3-6H,1-2H3/b24-15-;. The Kier molecular flexibility index (Phi) is 8.94. The number of aryl methyl sites for hydroxylation is 1. The molecule has 0 amide bonds. The average molecular weight is 586 g/mol. The van der Waals surface area contributed by atoms with Crippen molar-refractivity contribution in [3.05, 3.63) is 82.7 Å². The van der Waals surface area contributed by atoms with Crippen molar-refractivity contribution in [3.8, 4) is 28.7 Å². The van der Waals surface area contributed by atoms with Gasteiger partial charge in [0.1, 0.15) is 34.3 Å². The zero-order chi connectivity index (χ0) is 30.7. The number of piperazine rings is 1. The van der Waals surface area contributed by atoms with Gasteiger partial charge in [-0.1, -0.05) is 17.7 Å². The summed E-state index contributed by atoms with van der Waals surface area (Å²) >= 11 is 0. The first-order valence-corrected chi connectivity index (χ1v) is 14.4. The molecule has 1 saturated heterocycles. The Balaban J connectivity index is 0.000000351. The molecule has 2 aliphatic rings. The predicted molar refractivity (Wildman–Crippen MR) is 168 cm³/mol. The lowest BCUT2D eigenvalue weighted by Crippen LogP contribution is -2.45. The second kappa shape index (κ2) is 12.8. The van der Waals surface area contributed by atoms with Crippen molar-refractivity contribution < 1.29 is 29.2 Å². The molecule has 9 heteroatoms. The summed E-state index contributed by atoms with van der Waals surface area (Å²) in [4.78, 5) is 17.8. The minimum atomic E-state index is -0.409. The fraction of sp³-hybridized carbons (Fsp3) is 0.324. The van der Waals surface area contributed by atoms with Crippen LogP contribution in [0, 0.1) is 13.8 Å². The molecule has 0 unspecified atom stereocenters. The van der Waals surface area contributed by atoms with E-state index in [1.54, 1.807) is 20.3 Å². The van der Waals surface area contributed by atoms with Gasteiger partial charge in [-0.05, 0) is 57.3 Å². The lowest BCUT2D eigenvalue weighted by atomic mass is 10.1. The smallest absolute Gasteiger partial charge is 0.235 e. The number of Topliss-reactive ketones (excluding diaryl/α,β-unsaturated/α-hetero) is 1. The molecule has 0 atom stereocenters. The van der Waals surface area contributed by atoms with Crippen LogP contribution in [-0.2, 0) is 6.54 Å². The van der Waals surface area contributed by atoms with Crippen LogP contribution in [0.2, 0.25) is 0 Å². The third-order valence-corrected chi connectivity index (χ3v) is 8.08. The summed E-state index contributed by atoms with van der Waals surface area (Å²) in [5.41, 5.74) is 4.27. The summed E-state index contributed by atoms with van der Waals surface area (Å²) in [7, 11) is 5.45. The lowest BCUT2D eigenvalue weighted by molar-refractivity contribution is 0.101. The van der Waals surface area contributed by atoms with Gasteiger partial charge in [-0.15, -0.1) is 0 Å². The van der Waals surface area contributed by atoms with E-state index in [9.17, 15) is 15.0 Å². The number of aromatic hydroxyl groups is 2. The number of phenolic OH excluding ortho intramolecular Hbond substituents is 2. The molecule has 226 valence electrons. The summed E-state index contributed by atoms with van der Waals surface area (Å²) in [5.74, 6) is 1.05. The number of carbonyl (C=O) groups is 1. The molecule has 0 bridgehead atoms. The molecule has 43 heavy (non-hydrogen) atoms. The highest BCUT2D eigenvalue weighted by atomic mass is 16.5. The van der Waals surface area contributed by atoms with Crippen LogP contribution in [-0.4, -0.2) is 84.4 Å². The molecular weight excluding hydrogens is 546 g/mol. The first kappa shape index (κ1) is 30.0. The molecule has 1 aromatic heterocycles. The molecule has 3 aromatic carbocycles. The quantitative estimate of drug-likeness (QED) is 0.297. The van der Waals surface area contributed by atoms with Gasteiger partial charge < -0.3 is 33.9 Å². The number of hydrogen-bond donors (Lipinski definition) is 2. The Morgan fingerprint density at radius 2 is 1.56 bits per heavy atom. The maximum absolute atomic E-state index is 13.0. The van der Waals surface area contributed by atoms with Gasteiger partial charge in [0.2, 0.25) is 5.78 Å². The van der Waals surface area contributed by atoms with E-state index in [0.29, 0.717) is 0 Å². The fourth-order valence-corrected chi connectivity index (χ4v) is 5.48. The van der Waals surface area contributed by atoms with Crippen LogP contribution in [0.25, 0.3) is 17.0 Å². The number of carbonyl (C=O) groups excluding carboxylic acids is 1. The number of methoxy groups -OCH3 is 2. The number of ketones is 1. The molecule has 9 nitrogen and oxygen atoms in total. The summed E-state index contributed by atoms with van der Waals surface area (Å²) < 4.78 is 18.5. The van der Waals surface area contributed by atoms with Crippen LogP contribution >= 0.6 is 0 Å². The average Bonchev–Trinajstić information content (AvgIpc) is 3.45. The van der Waals surface area contributed by atoms with Gasteiger partial charge >= 0.3 is 0 Å². The Morgan fingerprint density at radius 1 is 0.884 bits per heavy atom. The number of aromatic nitrogens is 1. The second-order valence-corrected chi connectivity index (χ2v) is 11.0. The molecule has 3 heterocycles. The first-order valence-electron chi connectivity index (χ1n) is 14.4. The van der Waals surface area contributed by atoms with E-state index < -0.39 is 5.78 Å². The van der Waals surface area contributed by atoms with Gasteiger partial charge in [0.05, 0.1) is 14.2 Å². The van der Waals surface area contributed by atoms with Gasteiger partial charge in [0, 0.05) is 73.6 Å². The van der Waals surface area contributed by atoms with E-state index in [2.05, 4.69) is 28.3 Å². The third kappa shape index (κ3) is 6.48. The first-order chi connectivity index (χ1) is 20.7. The number of phenols is 2. The molecule has 6 rings (SSSR count). The van der Waals surface area contributed by atoms with E-state index in [1.807, 2.05) is 49.4 Å². The minimum absolute atomic E-state index is 0.0677. The number of ether oxygens (including phenoxy) is 3. The largest absolute Gasteiger partial charge is 0.508 e. The van der Waals surface area contributed by atoms with Crippen molar-refractivity contribution in [2.45, 2.75) is 20.4 Å². The van der Waals surface area contributed by atoms with Gasteiger partial charge in [-0.3, -0.25) is 9.69 Å². The number of allylic oxidation sites excluding steroid dienone is 1. The van der Waals surface area contributed by atoms with Gasteiger partial charge in [-0.2, -0.15) is 0 Å². The highest BCUT2D eigenvalue weighted by Gasteiger charge is 2.32. The monoisotopic (exact) mass is 585 g/mol. The molecule has 2 N–H and O–H groups in total. The number of hydrogen-bond acceptors (Lipinski definition) is 8. The highest BCUT2D eigenvalue weighted by Crippen LogP contribution is 2.41. The van der Waals surface area contributed by atoms with Crippen LogP contribution < -0.4 is 14.2 Å². The summed E-state index contributed by atoms with van der Waals surface area (Å²) in [6.07, 6.45) is 1.72. The maximum atomic E-state index is 13.0. The van der Waals surface area contributed by atoms with E-state index >= 15 is 0 Å². The van der Waals surface area contributed by atoms with Gasteiger partial charge in [0.25, 0.3) is 0 Å². The van der Waals surface area contributed by atoms with E-state index in [4.69, 9.17) is 14.2 Å². The van der Waals surface area contributed by atoms with E-state index in [-0.39, 0.29) is 28.6 Å². The zero-order valence-electron chi connectivity index (χ0n) is 25.4. The molecule has 0 aliphatic carbocycles. The number of nitrogens with zero attached hydrogens (tertiary/aromatic N) is 3. The summed E-state index contributed by atoms with van der Waals surface area (Å²) in [5, 5.41) is 20.9. The predicted octanol–water partition coefficient (Wildman–Crippen LogP) is 5.24. The molecular formula is C34H39N3O6. The Hall–Kier alpha value is -4.47. The third-order valence-electron chi connectivity index (χ3n) is 8.08. The molecule has 1 fully saturated rings. The molecule has 2 aliphatic heterocycles. The number of benzene rings is 3. The molecule has 0 radical (unpaired) electrons. The Bertz CT molecular complexity index is 1650. The van der Waals surface area contributed by atoms with Crippen molar-refractivity contribution in [3.63, 3.8) is 0 Å². The second-order valence-electron chi connectivity index (χ2n) is 11.0. The van der Waals surface area contributed by atoms with Crippen LogP contribution in [0.5, 0.6) is 28.7 Å². The molecule has 0 spiro atoms. The Labute approximate surface area is 252 Å². The van der Waals surface area contributed by atoms with Crippen LogP contribution in [0.4, 0.5) is 0 Å². The van der Waals surface area contributed by atoms with Crippen molar-refractivity contribution in [1.29, 1.82) is 0 Å². The zero-order valence-corrected chi connectivity index (χ0v) is 25.4. The minimum Gasteiger partial charge on any atom is -0.508 e. The maximum Gasteiger partial charge on any atom is 0.235 e. The van der Waals surface area contributed by atoms with Gasteiger partial charge in [0.15, 0.2) is 5.76 Å². The van der Waals surface area contributed by atoms with Crippen molar-refractivity contribution in [2.75, 3.05) is 54.0 Å². The number of fused-ring (bicyclic) bond motifs is 2. The van der Waals surface area contributed by atoms with E-state index in [0.717, 1.165) is 79.0 Å². The highest BCUT2D eigenvalue weighted by molar-refractivity contribution is 6.17. The topological polar surface area (TPSA) is 96.6 Å². The summed E-state index contributed by atoms with van der Waals surface area (Å²) in [6.45, 7) is 10.1. The van der Waals surface area contributed by atoms with Crippen molar-refractivity contribution in [2.24, 2.45) is 0 Å². The van der Waals surface area contributed by atoms with E-state index in [1.165, 1.54) is 11.6 Å². The molecule has 0 saturated carbocycles. The number of rotatable bonds is 6. The number of likely N-dealkylation sites (N-methyl/N-ethyl adjacent to an activating group) is 1. The SMILES string of the molecule is COc1ccc(C)cc1.COc1ccc2c(c1)c(/C=C1\Oc3cc(O)cc(O)c3C1=O)c(C)n2CCN1CCN(C)CC1.